The smallest absolute Gasteiger partial charge is 0.191 e. The van der Waals surface area contributed by atoms with Gasteiger partial charge in [0.2, 0.25) is 0 Å². The second-order valence-electron chi connectivity index (χ2n) is 4.81. The van der Waals surface area contributed by atoms with E-state index in [0.29, 0.717) is 13.1 Å². The number of nitrogens with zero attached hydrogens (tertiary/aromatic N) is 3. The minimum absolute atomic E-state index is 0. The summed E-state index contributed by atoms with van der Waals surface area (Å²) in [6, 6.07) is 2.08. The van der Waals surface area contributed by atoms with Gasteiger partial charge >= 0.3 is 0 Å². The van der Waals surface area contributed by atoms with E-state index in [2.05, 4.69) is 46.7 Å². The van der Waals surface area contributed by atoms with Crippen LogP contribution >= 0.6 is 35.3 Å². The van der Waals surface area contributed by atoms with Crippen molar-refractivity contribution in [2.45, 2.75) is 33.4 Å². The number of rotatable bonds is 6. The van der Waals surface area contributed by atoms with E-state index < -0.39 is 0 Å². The highest BCUT2D eigenvalue weighted by atomic mass is 127. The molecule has 0 aliphatic carbocycles. The third-order valence-corrected chi connectivity index (χ3v) is 4.16. The summed E-state index contributed by atoms with van der Waals surface area (Å²) >= 11 is 1.75. The Bertz CT molecular complexity index is 590. The Balaban J connectivity index is 0.00000242. The molecule has 0 amide bonds. The predicted molar refractivity (Wildman–Crippen MR) is 104 cm³/mol. The van der Waals surface area contributed by atoms with Crippen LogP contribution < -0.4 is 10.6 Å². The van der Waals surface area contributed by atoms with Crippen LogP contribution in [-0.2, 0) is 26.6 Å². The highest BCUT2D eigenvalue weighted by Crippen LogP contribution is 2.12. The summed E-state index contributed by atoms with van der Waals surface area (Å²) in [5, 5.41) is 7.69. The van der Waals surface area contributed by atoms with Gasteiger partial charge in [-0.1, -0.05) is 6.92 Å². The van der Waals surface area contributed by atoms with Crippen molar-refractivity contribution in [3.8, 4) is 0 Å². The highest BCUT2D eigenvalue weighted by molar-refractivity contribution is 14.0. The summed E-state index contributed by atoms with van der Waals surface area (Å²) < 4.78 is 2.03. The van der Waals surface area contributed by atoms with Gasteiger partial charge in [-0.15, -0.1) is 35.3 Å². The van der Waals surface area contributed by atoms with Crippen LogP contribution in [0.3, 0.4) is 0 Å². The molecule has 0 aliphatic rings. The maximum Gasteiger partial charge on any atom is 0.191 e. The largest absolute Gasteiger partial charge is 0.357 e. The van der Waals surface area contributed by atoms with E-state index in [4.69, 9.17) is 0 Å². The Morgan fingerprint density at radius 1 is 1.36 bits per heavy atom. The molecule has 2 aromatic heterocycles. The van der Waals surface area contributed by atoms with Crippen LogP contribution in [0.5, 0.6) is 0 Å². The number of thiazole rings is 1. The zero-order chi connectivity index (χ0) is 15.1. The lowest BCUT2D eigenvalue weighted by Crippen LogP contribution is -2.36. The van der Waals surface area contributed by atoms with E-state index in [1.54, 1.807) is 11.3 Å². The summed E-state index contributed by atoms with van der Waals surface area (Å²) in [6.07, 6.45) is 7.12. The van der Waals surface area contributed by atoms with E-state index in [1.807, 2.05) is 24.0 Å². The molecule has 0 saturated carbocycles. The molecule has 7 heteroatoms. The summed E-state index contributed by atoms with van der Waals surface area (Å²) in [4.78, 5) is 10.3. The van der Waals surface area contributed by atoms with Gasteiger partial charge < -0.3 is 15.2 Å². The summed E-state index contributed by atoms with van der Waals surface area (Å²) in [6.45, 7) is 6.45. The average Bonchev–Trinajstić information content (AvgIpc) is 3.10. The third-order valence-electron chi connectivity index (χ3n) is 3.01. The summed E-state index contributed by atoms with van der Waals surface area (Å²) in [7, 11) is 2.02. The van der Waals surface area contributed by atoms with Gasteiger partial charge in [-0.2, -0.15) is 0 Å². The fourth-order valence-corrected chi connectivity index (χ4v) is 2.72. The number of hydrogen-bond donors (Lipinski definition) is 2. The van der Waals surface area contributed by atoms with Gasteiger partial charge in [-0.25, -0.2) is 9.98 Å². The van der Waals surface area contributed by atoms with Crippen molar-refractivity contribution in [3.63, 3.8) is 0 Å². The van der Waals surface area contributed by atoms with Gasteiger partial charge in [0, 0.05) is 37.1 Å². The number of guanidine groups is 1. The first-order chi connectivity index (χ1) is 10.2. The Kier molecular flexibility index (Phi) is 8.47. The van der Waals surface area contributed by atoms with Crippen LogP contribution in [-0.4, -0.2) is 22.1 Å². The molecule has 2 heterocycles. The van der Waals surface area contributed by atoms with Crippen molar-refractivity contribution in [2.24, 2.45) is 12.0 Å². The molecule has 22 heavy (non-hydrogen) atoms. The second-order valence-corrected chi connectivity index (χ2v) is 6.01. The molecule has 0 fully saturated rings. The number of nitrogens with one attached hydrogen (secondary N) is 2. The predicted octanol–water partition coefficient (Wildman–Crippen LogP) is 2.92. The number of halogens is 1. The van der Waals surface area contributed by atoms with Crippen LogP contribution in [0.4, 0.5) is 0 Å². The monoisotopic (exact) mass is 433 g/mol. The zero-order valence-corrected chi connectivity index (χ0v) is 16.4. The van der Waals surface area contributed by atoms with Crippen molar-refractivity contribution >= 4 is 41.3 Å². The average molecular weight is 433 g/mol. The van der Waals surface area contributed by atoms with Crippen molar-refractivity contribution in [3.05, 3.63) is 40.1 Å². The van der Waals surface area contributed by atoms with Crippen molar-refractivity contribution < 1.29 is 0 Å². The standard InChI is InChI=1S/C15H23N5S.HI/c1-4-13-9-17-14(21-13)10-19-15(16-5-2)18-8-12-6-7-20(3)11-12;/h6-7,9,11H,4-5,8,10H2,1-3H3,(H2,16,18,19);1H. The molecular formula is C15H24IN5S. The van der Waals surface area contributed by atoms with Crippen LogP contribution in [0.15, 0.2) is 29.6 Å². The molecule has 0 aliphatic heterocycles. The molecule has 5 nitrogen and oxygen atoms in total. The van der Waals surface area contributed by atoms with E-state index in [9.17, 15) is 0 Å². The first kappa shape index (κ1) is 19.0. The van der Waals surface area contributed by atoms with Crippen molar-refractivity contribution in [1.29, 1.82) is 0 Å². The van der Waals surface area contributed by atoms with Crippen molar-refractivity contribution in [2.75, 3.05) is 6.54 Å². The Hall–Kier alpha value is -1.09. The van der Waals surface area contributed by atoms with E-state index in [-0.39, 0.29) is 24.0 Å². The van der Waals surface area contributed by atoms with Crippen molar-refractivity contribution in [1.82, 2.24) is 20.2 Å². The molecule has 0 saturated heterocycles. The Labute approximate surface area is 153 Å². The van der Waals surface area contributed by atoms with Gasteiger partial charge in [-0.05, 0) is 25.0 Å². The van der Waals surface area contributed by atoms with Crippen LogP contribution in [0.2, 0.25) is 0 Å². The molecule has 0 radical (unpaired) electrons. The molecule has 2 rings (SSSR count). The number of hydrogen-bond acceptors (Lipinski definition) is 3. The molecule has 2 aromatic rings. The summed E-state index contributed by atoms with van der Waals surface area (Å²) in [5.41, 5.74) is 1.21. The molecule has 122 valence electrons. The van der Waals surface area contributed by atoms with Gasteiger partial charge in [0.05, 0.1) is 13.1 Å². The number of aliphatic imine (C=N–C) groups is 1. The lowest BCUT2D eigenvalue weighted by Gasteiger charge is -2.09. The van der Waals surface area contributed by atoms with Gasteiger partial charge in [0.1, 0.15) is 5.01 Å². The van der Waals surface area contributed by atoms with E-state index in [0.717, 1.165) is 23.9 Å². The Morgan fingerprint density at radius 3 is 2.77 bits per heavy atom. The van der Waals surface area contributed by atoms with E-state index >= 15 is 0 Å². The normalized spacial score (nSPS) is 11.1. The quantitative estimate of drug-likeness (QED) is 0.419. The molecule has 0 bridgehead atoms. The lowest BCUT2D eigenvalue weighted by molar-refractivity contribution is 0.810. The van der Waals surface area contributed by atoms with Crippen LogP contribution in [0.1, 0.15) is 29.3 Å². The molecule has 0 unspecified atom stereocenters. The van der Waals surface area contributed by atoms with Crippen LogP contribution in [0.25, 0.3) is 0 Å². The third kappa shape index (κ3) is 5.96. The number of aryl methyl sites for hydroxylation is 2. The minimum atomic E-state index is 0. The lowest BCUT2D eigenvalue weighted by atomic mass is 10.3. The molecular weight excluding hydrogens is 409 g/mol. The second kappa shape index (κ2) is 9.83. The molecule has 0 aromatic carbocycles. The molecule has 2 N–H and O–H groups in total. The SMILES string of the molecule is CCNC(=NCc1ccn(C)c1)NCc1ncc(CC)s1.I. The van der Waals surface area contributed by atoms with Crippen LogP contribution in [0, 0.1) is 0 Å². The topological polar surface area (TPSA) is 54.2 Å². The van der Waals surface area contributed by atoms with Gasteiger partial charge in [-0.3, -0.25) is 0 Å². The molecule has 0 atom stereocenters. The zero-order valence-electron chi connectivity index (χ0n) is 13.3. The Morgan fingerprint density at radius 2 is 2.18 bits per heavy atom. The minimum Gasteiger partial charge on any atom is -0.357 e. The first-order valence-electron chi connectivity index (χ1n) is 7.27. The fourth-order valence-electron chi connectivity index (χ4n) is 1.92. The van der Waals surface area contributed by atoms with Gasteiger partial charge in [0.15, 0.2) is 5.96 Å². The first-order valence-corrected chi connectivity index (χ1v) is 8.09. The fraction of sp³-hybridized carbons (Fsp3) is 0.467. The maximum atomic E-state index is 4.60. The van der Waals surface area contributed by atoms with E-state index in [1.165, 1.54) is 10.4 Å². The molecule has 0 spiro atoms. The number of aromatic nitrogens is 2. The highest BCUT2D eigenvalue weighted by Gasteiger charge is 2.03. The van der Waals surface area contributed by atoms with Gasteiger partial charge in [0.25, 0.3) is 0 Å². The maximum absolute atomic E-state index is 4.60. The summed E-state index contributed by atoms with van der Waals surface area (Å²) in [5.74, 6) is 0.828.